The SMILES string of the molecule is Nc1cc(Nc2cccc(Oc3cc(Nc4ccc(OCc5cccc(F)c5)c(Cl)c4)ncn3)c2)ncn1. The van der Waals surface area contributed by atoms with Gasteiger partial charge in [0.1, 0.15) is 54.0 Å². The predicted molar refractivity (Wildman–Crippen MR) is 144 cm³/mol. The van der Waals surface area contributed by atoms with Gasteiger partial charge in [-0.3, -0.25) is 0 Å². The molecule has 0 unspecified atom stereocenters. The van der Waals surface area contributed by atoms with E-state index < -0.39 is 0 Å². The normalized spacial score (nSPS) is 10.6. The first-order valence-corrected chi connectivity index (χ1v) is 11.8. The average molecular weight is 530 g/mol. The minimum atomic E-state index is -0.317. The zero-order valence-electron chi connectivity index (χ0n) is 19.8. The number of hydrogen-bond donors (Lipinski definition) is 3. The van der Waals surface area contributed by atoms with Crippen LogP contribution in [0.3, 0.4) is 0 Å². The summed E-state index contributed by atoms with van der Waals surface area (Å²) < 4.78 is 25.0. The van der Waals surface area contributed by atoms with Crippen molar-refractivity contribution in [3.05, 3.63) is 108 Å². The van der Waals surface area contributed by atoms with Gasteiger partial charge in [0.05, 0.1) is 5.02 Å². The van der Waals surface area contributed by atoms with E-state index in [1.807, 2.05) is 12.1 Å². The Morgan fingerprint density at radius 2 is 1.55 bits per heavy atom. The van der Waals surface area contributed by atoms with Crippen LogP contribution in [-0.4, -0.2) is 19.9 Å². The van der Waals surface area contributed by atoms with Crippen LogP contribution in [0.1, 0.15) is 5.56 Å². The fourth-order valence-electron chi connectivity index (χ4n) is 3.44. The van der Waals surface area contributed by atoms with Crippen LogP contribution in [-0.2, 0) is 6.61 Å². The number of hydrogen-bond acceptors (Lipinski definition) is 9. The summed E-state index contributed by atoms with van der Waals surface area (Å²) in [5, 5.41) is 6.71. The van der Waals surface area contributed by atoms with Gasteiger partial charge in [0.25, 0.3) is 0 Å². The minimum absolute atomic E-state index is 0.195. The van der Waals surface area contributed by atoms with Gasteiger partial charge in [-0.15, -0.1) is 0 Å². The monoisotopic (exact) mass is 529 g/mol. The number of nitrogen functional groups attached to an aromatic ring is 1. The quantitative estimate of drug-likeness (QED) is 0.196. The number of ether oxygens (including phenoxy) is 2. The van der Waals surface area contributed by atoms with E-state index in [9.17, 15) is 4.39 Å². The average Bonchev–Trinajstić information content (AvgIpc) is 2.89. The van der Waals surface area contributed by atoms with Crippen LogP contribution < -0.4 is 25.8 Å². The van der Waals surface area contributed by atoms with E-state index in [-0.39, 0.29) is 12.4 Å². The molecule has 4 N–H and O–H groups in total. The fraction of sp³-hybridized carbons (Fsp3) is 0.0370. The number of benzene rings is 3. The molecule has 0 saturated heterocycles. The lowest BCUT2D eigenvalue weighted by molar-refractivity contribution is 0.306. The van der Waals surface area contributed by atoms with Crippen molar-refractivity contribution in [3.8, 4) is 17.4 Å². The Balaban J connectivity index is 1.22. The molecule has 0 saturated carbocycles. The fourth-order valence-corrected chi connectivity index (χ4v) is 3.68. The number of rotatable bonds is 9. The minimum Gasteiger partial charge on any atom is -0.487 e. The van der Waals surface area contributed by atoms with E-state index in [0.29, 0.717) is 51.1 Å². The largest absolute Gasteiger partial charge is 0.487 e. The van der Waals surface area contributed by atoms with E-state index in [4.69, 9.17) is 26.8 Å². The zero-order chi connectivity index (χ0) is 26.3. The second kappa shape index (κ2) is 11.4. The molecule has 5 aromatic rings. The van der Waals surface area contributed by atoms with Crippen molar-refractivity contribution in [3.63, 3.8) is 0 Å². The van der Waals surface area contributed by atoms with Gasteiger partial charge < -0.3 is 25.8 Å². The molecule has 38 heavy (non-hydrogen) atoms. The Labute approximate surface area is 222 Å². The molecule has 0 atom stereocenters. The molecule has 5 rings (SSSR count). The topological polar surface area (TPSA) is 120 Å². The Kier molecular flexibility index (Phi) is 7.42. The summed E-state index contributed by atoms with van der Waals surface area (Å²) in [5.74, 6) is 2.49. The first-order chi connectivity index (χ1) is 18.5. The van der Waals surface area contributed by atoms with Gasteiger partial charge in [-0.25, -0.2) is 24.3 Å². The van der Waals surface area contributed by atoms with Gasteiger partial charge in [-0.1, -0.05) is 29.8 Å². The van der Waals surface area contributed by atoms with Crippen molar-refractivity contribution in [1.29, 1.82) is 0 Å². The second-order valence-electron chi connectivity index (χ2n) is 8.01. The van der Waals surface area contributed by atoms with Crippen LogP contribution in [0.25, 0.3) is 0 Å². The van der Waals surface area contributed by atoms with Crippen LogP contribution in [0.2, 0.25) is 5.02 Å². The maximum absolute atomic E-state index is 13.4. The standard InChI is InChI=1S/C27H21ClFN7O2/c28-22-11-20(7-8-23(22)37-14-17-3-1-4-18(29)9-17)36-26-13-27(34-16-33-26)38-21-6-2-5-19(10-21)35-25-12-24(30)31-15-32-25/h1-13,15-16H,14H2,(H,33,34,36)(H3,30,31,32,35). The molecule has 2 aromatic heterocycles. The lowest BCUT2D eigenvalue weighted by atomic mass is 10.2. The smallest absolute Gasteiger partial charge is 0.224 e. The highest BCUT2D eigenvalue weighted by Crippen LogP contribution is 2.31. The Morgan fingerprint density at radius 3 is 2.34 bits per heavy atom. The summed E-state index contributed by atoms with van der Waals surface area (Å²) in [6, 6.07) is 22.0. The Morgan fingerprint density at radius 1 is 0.789 bits per heavy atom. The third kappa shape index (κ3) is 6.62. The van der Waals surface area contributed by atoms with Crippen molar-refractivity contribution >= 4 is 40.4 Å². The maximum atomic E-state index is 13.4. The van der Waals surface area contributed by atoms with Gasteiger partial charge >= 0.3 is 0 Å². The zero-order valence-corrected chi connectivity index (χ0v) is 20.6. The molecule has 0 spiro atoms. The summed E-state index contributed by atoms with van der Waals surface area (Å²) in [6.07, 6.45) is 2.77. The highest BCUT2D eigenvalue weighted by Gasteiger charge is 2.08. The van der Waals surface area contributed by atoms with E-state index in [1.165, 1.54) is 24.8 Å². The highest BCUT2D eigenvalue weighted by atomic mass is 35.5. The summed E-state index contributed by atoms with van der Waals surface area (Å²) >= 11 is 6.40. The number of anilines is 5. The summed E-state index contributed by atoms with van der Waals surface area (Å²) in [4.78, 5) is 16.4. The third-order valence-electron chi connectivity index (χ3n) is 5.15. The number of halogens is 2. The van der Waals surface area contributed by atoms with Crippen LogP contribution in [0.5, 0.6) is 17.4 Å². The number of nitrogens with zero attached hydrogens (tertiary/aromatic N) is 4. The van der Waals surface area contributed by atoms with Crippen molar-refractivity contribution in [2.75, 3.05) is 16.4 Å². The molecule has 9 nitrogen and oxygen atoms in total. The van der Waals surface area contributed by atoms with Crippen molar-refractivity contribution in [2.24, 2.45) is 0 Å². The van der Waals surface area contributed by atoms with Crippen LogP contribution in [0.4, 0.5) is 33.2 Å². The Bertz CT molecular complexity index is 1570. The Hall–Kier alpha value is -4.96. The molecule has 0 radical (unpaired) electrons. The summed E-state index contributed by atoms with van der Waals surface area (Å²) in [7, 11) is 0. The molecule has 0 bridgehead atoms. The van der Waals surface area contributed by atoms with Gasteiger partial charge in [0.2, 0.25) is 5.88 Å². The lowest BCUT2D eigenvalue weighted by Gasteiger charge is -2.12. The van der Waals surface area contributed by atoms with Crippen molar-refractivity contribution < 1.29 is 13.9 Å². The number of nitrogens with one attached hydrogen (secondary N) is 2. The van der Waals surface area contributed by atoms with Crippen LogP contribution in [0.15, 0.2) is 91.5 Å². The molecule has 0 aliphatic carbocycles. The maximum Gasteiger partial charge on any atom is 0.224 e. The molecular weight excluding hydrogens is 509 g/mol. The second-order valence-corrected chi connectivity index (χ2v) is 8.42. The highest BCUT2D eigenvalue weighted by molar-refractivity contribution is 6.32. The lowest BCUT2D eigenvalue weighted by Crippen LogP contribution is -1.99. The van der Waals surface area contributed by atoms with Gasteiger partial charge in [-0.2, -0.15) is 0 Å². The summed E-state index contributed by atoms with van der Waals surface area (Å²) in [6.45, 7) is 0.195. The molecule has 0 aliphatic rings. The number of nitrogens with two attached hydrogens (primary N) is 1. The van der Waals surface area contributed by atoms with E-state index >= 15 is 0 Å². The number of aromatic nitrogens is 4. The molecule has 11 heteroatoms. The molecule has 3 aromatic carbocycles. The first kappa shape index (κ1) is 24.7. The van der Waals surface area contributed by atoms with E-state index in [1.54, 1.807) is 54.6 Å². The third-order valence-corrected chi connectivity index (χ3v) is 5.44. The first-order valence-electron chi connectivity index (χ1n) is 11.4. The molecular formula is C27H21ClFN7O2. The van der Waals surface area contributed by atoms with Crippen LogP contribution >= 0.6 is 11.6 Å². The molecule has 2 heterocycles. The summed E-state index contributed by atoms with van der Waals surface area (Å²) in [5.41, 5.74) is 7.85. The van der Waals surface area contributed by atoms with Gasteiger partial charge in [0.15, 0.2) is 0 Å². The molecule has 0 aliphatic heterocycles. The van der Waals surface area contributed by atoms with E-state index in [2.05, 4.69) is 30.6 Å². The molecule has 0 amide bonds. The molecule has 0 fully saturated rings. The van der Waals surface area contributed by atoms with Crippen molar-refractivity contribution in [2.45, 2.75) is 6.61 Å². The van der Waals surface area contributed by atoms with Gasteiger partial charge in [0, 0.05) is 29.6 Å². The molecule has 190 valence electrons. The van der Waals surface area contributed by atoms with Crippen LogP contribution in [0, 0.1) is 5.82 Å². The van der Waals surface area contributed by atoms with Crippen molar-refractivity contribution in [1.82, 2.24) is 19.9 Å². The van der Waals surface area contributed by atoms with E-state index in [0.717, 1.165) is 5.69 Å². The van der Waals surface area contributed by atoms with Gasteiger partial charge in [-0.05, 0) is 48.0 Å². The predicted octanol–water partition coefficient (Wildman–Crippen LogP) is 6.50.